The zero-order valence-corrected chi connectivity index (χ0v) is 19.1. The summed E-state index contributed by atoms with van der Waals surface area (Å²) in [4.78, 5) is 0. The van der Waals surface area contributed by atoms with Gasteiger partial charge in [0.2, 0.25) is 0 Å². The number of aliphatic hydroxyl groups is 2. The van der Waals surface area contributed by atoms with Crippen LogP contribution >= 0.6 is 11.6 Å². The zero-order valence-electron chi connectivity index (χ0n) is 18.3. The Morgan fingerprint density at radius 2 is 1.68 bits per heavy atom. The molecule has 5 unspecified atom stereocenters. The van der Waals surface area contributed by atoms with Crippen LogP contribution in [0.3, 0.4) is 0 Å². The molecule has 0 radical (unpaired) electrons. The molecule has 0 bridgehead atoms. The van der Waals surface area contributed by atoms with Gasteiger partial charge in [0, 0.05) is 10.9 Å². The molecular formula is C26H33ClO4. The molecule has 2 aromatic carbocycles. The molecule has 2 N–H and O–H groups in total. The summed E-state index contributed by atoms with van der Waals surface area (Å²) in [6.07, 6.45) is 4.80. The van der Waals surface area contributed by atoms with Gasteiger partial charge in [-0.3, -0.25) is 0 Å². The van der Waals surface area contributed by atoms with E-state index in [9.17, 15) is 10.2 Å². The van der Waals surface area contributed by atoms with Gasteiger partial charge in [0.1, 0.15) is 11.9 Å². The fraction of sp³-hybridized carbons (Fsp3) is 0.538. The molecular weight excluding hydrogens is 412 g/mol. The van der Waals surface area contributed by atoms with Crippen LogP contribution in [0.5, 0.6) is 5.75 Å². The fourth-order valence-corrected chi connectivity index (χ4v) is 4.96. The van der Waals surface area contributed by atoms with Gasteiger partial charge < -0.3 is 19.7 Å². The summed E-state index contributed by atoms with van der Waals surface area (Å²) < 4.78 is 12.2. The summed E-state index contributed by atoms with van der Waals surface area (Å²) >= 11 is 6.51. The minimum absolute atomic E-state index is 0.212. The largest absolute Gasteiger partial charge is 0.490 e. The Bertz CT molecular complexity index is 862. The predicted octanol–water partition coefficient (Wildman–Crippen LogP) is 5.46. The van der Waals surface area contributed by atoms with Crippen molar-refractivity contribution in [2.75, 3.05) is 0 Å². The summed E-state index contributed by atoms with van der Waals surface area (Å²) in [7, 11) is 0. The van der Waals surface area contributed by atoms with Gasteiger partial charge >= 0.3 is 0 Å². The second-order valence-corrected chi connectivity index (χ2v) is 9.56. The molecule has 1 aliphatic heterocycles. The first-order valence-corrected chi connectivity index (χ1v) is 11.9. The van der Waals surface area contributed by atoms with Crippen LogP contribution in [-0.2, 0) is 11.2 Å². The summed E-state index contributed by atoms with van der Waals surface area (Å²) in [6, 6.07) is 14.2. The second kappa shape index (κ2) is 9.91. The number of benzene rings is 2. The Morgan fingerprint density at radius 1 is 0.968 bits per heavy atom. The van der Waals surface area contributed by atoms with Crippen LogP contribution < -0.4 is 4.74 Å². The Labute approximate surface area is 190 Å². The van der Waals surface area contributed by atoms with Gasteiger partial charge in [-0.05, 0) is 73.9 Å². The third kappa shape index (κ3) is 5.25. The lowest BCUT2D eigenvalue weighted by molar-refractivity contribution is -0.192. The minimum Gasteiger partial charge on any atom is -0.490 e. The standard InChI is InChI=1S/C26H33ClO4/c1-16-24(28)25(29)17(2)30-26(16)19-10-13-23(27)20(15-19)14-18-8-11-22(12-9-18)31-21-6-4-3-5-7-21/h8-13,15-17,21,24-26,28-29H,3-7,14H2,1-2H3. The number of ether oxygens (including phenoxy) is 2. The summed E-state index contributed by atoms with van der Waals surface area (Å²) in [6.45, 7) is 3.70. The van der Waals surface area contributed by atoms with E-state index in [1.807, 2.05) is 31.2 Å². The van der Waals surface area contributed by atoms with Crippen molar-refractivity contribution in [2.45, 2.75) is 82.9 Å². The minimum atomic E-state index is -0.868. The molecule has 4 rings (SSSR count). The van der Waals surface area contributed by atoms with Crippen molar-refractivity contribution in [1.29, 1.82) is 0 Å². The molecule has 5 heteroatoms. The summed E-state index contributed by atoms with van der Waals surface area (Å²) in [5, 5.41) is 21.2. The lowest BCUT2D eigenvalue weighted by Gasteiger charge is -2.40. The van der Waals surface area contributed by atoms with E-state index in [1.54, 1.807) is 6.92 Å². The van der Waals surface area contributed by atoms with Crippen molar-refractivity contribution in [3.05, 3.63) is 64.2 Å². The van der Waals surface area contributed by atoms with E-state index < -0.39 is 18.3 Å². The van der Waals surface area contributed by atoms with Crippen molar-refractivity contribution >= 4 is 11.6 Å². The van der Waals surface area contributed by atoms with Crippen molar-refractivity contribution in [3.63, 3.8) is 0 Å². The van der Waals surface area contributed by atoms with Crippen LogP contribution in [0.25, 0.3) is 0 Å². The first-order valence-electron chi connectivity index (χ1n) is 11.5. The lowest BCUT2D eigenvalue weighted by atomic mass is 9.84. The molecule has 1 heterocycles. The molecule has 0 spiro atoms. The Kier molecular flexibility index (Phi) is 7.22. The second-order valence-electron chi connectivity index (χ2n) is 9.15. The SMILES string of the molecule is CC1OC(c2ccc(Cl)c(Cc3ccc(OC4CCCCC4)cc3)c2)C(C)C(O)C1O. The van der Waals surface area contributed by atoms with Crippen molar-refractivity contribution in [1.82, 2.24) is 0 Å². The molecule has 1 saturated carbocycles. The number of aliphatic hydroxyl groups excluding tert-OH is 2. The van der Waals surface area contributed by atoms with E-state index in [2.05, 4.69) is 18.2 Å². The van der Waals surface area contributed by atoms with Crippen LogP contribution in [0.4, 0.5) is 0 Å². The molecule has 31 heavy (non-hydrogen) atoms. The number of hydrogen-bond acceptors (Lipinski definition) is 4. The first-order chi connectivity index (χ1) is 14.9. The van der Waals surface area contributed by atoms with Crippen molar-refractivity contribution in [3.8, 4) is 5.75 Å². The maximum atomic E-state index is 10.4. The molecule has 1 aliphatic carbocycles. The Morgan fingerprint density at radius 3 is 2.39 bits per heavy atom. The highest BCUT2D eigenvalue weighted by Gasteiger charge is 2.40. The molecule has 168 valence electrons. The monoisotopic (exact) mass is 444 g/mol. The fourth-order valence-electron chi connectivity index (χ4n) is 4.77. The van der Waals surface area contributed by atoms with Gasteiger partial charge in [-0.2, -0.15) is 0 Å². The van der Waals surface area contributed by atoms with Gasteiger partial charge in [0.05, 0.1) is 24.4 Å². The number of halogens is 1. The van der Waals surface area contributed by atoms with Crippen LogP contribution in [0.1, 0.15) is 68.7 Å². The van der Waals surface area contributed by atoms with Crippen molar-refractivity contribution < 1.29 is 19.7 Å². The number of hydrogen-bond donors (Lipinski definition) is 2. The van der Waals surface area contributed by atoms with Crippen LogP contribution in [0, 0.1) is 5.92 Å². The molecule has 2 aromatic rings. The highest BCUT2D eigenvalue weighted by Crippen LogP contribution is 2.38. The quantitative estimate of drug-likeness (QED) is 0.642. The molecule has 5 atom stereocenters. The lowest BCUT2D eigenvalue weighted by Crippen LogP contribution is -2.49. The van der Waals surface area contributed by atoms with Crippen LogP contribution in [-0.4, -0.2) is 34.6 Å². The molecule has 0 amide bonds. The van der Waals surface area contributed by atoms with E-state index in [-0.39, 0.29) is 12.0 Å². The number of rotatable bonds is 5. The third-order valence-corrected chi connectivity index (χ3v) is 7.15. The molecule has 1 saturated heterocycles. The van der Waals surface area contributed by atoms with Crippen LogP contribution in [0.15, 0.2) is 42.5 Å². The summed E-state index contributed by atoms with van der Waals surface area (Å²) in [5.41, 5.74) is 3.16. The Balaban J connectivity index is 1.46. The van der Waals surface area contributed by atoms with Gasteiger partial charge in [-0.25, -0.2) is 0 Å². The van der Waals surface area contributed by atoms with E-state index in [0.29, 0.717) is 17.5 Å². The van der Waals surface area contributed by atoms with Crippen LogP contribution in [0.2, 0.25) is 5.02 Å². The normalized spacial score (nSPS) is 29.6. The molecule has 2 fully saturated rings. The highest BCUT2D eigenvalue weighted by molar-refractivity contribution is 6.31. The zero-order chi connectivity index (χ0) is 22.0. The van der Waals surface area contributed by atoms with E-state index in [4.69, 9.17) is 21.1 Å². The Hall–Kier alpha value is -1.59. The topological polar surface area (TPSA) is 58.9 Å². The highest BCUT2D eigenvalue weighted by atomic mass is 35.5. The third-order valence-electron chi connectivity index (χ3n) is 6.78. The molecule has 4 nitrogen and oxygen atoms in total. The van der Waals surface area contributed by atoms with Crippen molar-refractivity contribution in [2.24, 2.45) is 5.92 Å². The average Bonchev–Trinajstić information content (AvgIpc) is 2.78. The van der Waals surface area contributed by atoms with E-state index in [0.717, 1.165) is 35.3 Å². The van der Waals surface area contributed by atoms with E-state index in [1.165, 1.54) is 19.3 Å². The predicted molar refractivity (Wildman–Crippen MR) is 123 cm³/mol. The molecule has 2 aliphatic rings. The van der Waals surface area contributed by atoms with E-state index >= 15 is 0 Å². The smallest absolute Gasteiger partial charge is 0.119 e. The van der Waals surface area contributed by atoms with Gasteiger partial charge in [-0.1, -0.05) is 49.2 Å². The first kappa shape index (κ1) is 22.6. The summed E-state index contributed by atoms with van der Waals surface area (Å²) in [5.74, 6) is 0.720. The maximum absolute atomic E-state index is 10.4. The van der Waals surface area contributed by atoms with Gasteiger partial charge in [0.25, 0.3) is 0 Å². The molecule has 0 aromatic heterocycles. The maximum Gasteiger partial charge on any atom is 0.119 e. The average molecular weight is 445 g/mol. The van der Waals surface area contributed by atoms with Gasteiger partial charge in [0.15, 0.2) is 0 Å². The van der Waals surface area contributed by atoms with Gasteiger partial charge in [-0.15, -0.1) is 0 Å².